The van der Waals surface area contributed by atoms with Crippen LogP contribution in [0.3, 0.4) is 0 Å². The number of rotatable bonds is 1. The Morgan fingerprint density at radius 2 is 1.87 bits per heavy atom. The van der Waals surface area contributed by atoms with Crippen LogP contribution in [-0.4, -0.2) is 35.8 Å². The molecule has 0 radical (unpaired) electrons. The lowest BCUT2D eigenvalue weighted by atomic mass is 9.81. The van der Waals surface area contributed by atoms with Gasteiger partial charge in [-0.3, -0.25) is 14.5 Å². The molecule has 0 saturated carbocycles. The number of carbonyl (C=O) groups excluding carboxylic acids is 2. The van der Waals surface area contributed by atoms with E-state index in [0.717, 1.165) is 19.5 Å². The minimum absolute atomic E-state index is 0.00458. The summed E-state index contributed by atoms with van der Waals surface area (Å²) in [5.74, 6) is 0.00917. The minimum atomic E-state index is -0.156. The third-order valence-corrected chi connectivity index (χ3v) is 3.20. The van der Waals surface area contributed by atoms with Crippen molar-refractivity contribution in [3.05, 3.63) is 0 Å². The Bertz CT molecular complexity index is 273. The van der Waals surface area contributed by atoms with Gasteiger partial charge in [0.05, 0.1) is 6.04 Å². The SMILES string of the molecule is CC1(C)CC(=O)N(C2CCNC2)C(=O)C1. The van der Waals surface area contributed by atoms with E-state index in [1.807, 2.05) is 13.8 Å². The topological polar surface area (TPSA) is 49.4 Å². The molecule has 2 aliphatic rings. The first kappa shape index (κ1) is 10.6. The average molecular weight is 210 g/mol. The van der Waals surface area contributed by atoms with E-state index < -0.39 is 0 Å². The van der Waals surface area contributed by atoms with Gasteiger partial charge < -0.3 is 5.32 Å². The smallest absolute Gasteiger partial charge is 0.230 e. The first-order valence-electron chi connectivity index (χ1n) is 5.55. The molecule has 1 unspecified atom stereocenters. The fourth-order valence-electron chi connectivity index (χ4n) is 2.46. The normalized spacial score (nSPS) is 31.1. The van der Waals surface area contributed by atoms with E-state index in [0.29, 0.717) is 12.8 Å². The van der Waals surface area contributed by atoms with Crippen molar-refractivity contribution in [3.8, 4) is 0 Å². The Labute approximate surface area is 90.0 Å². The van der Waals surface area contributed by atoms with Crippen molar-refractivity contribution in [2.45, 2.75) is 39.2 Å². The Morgan fingerprint density at radius 3 is 2.33 bits per heavy atom. The summed E-state index contributed by atoms with van der Waals surface area (Å²) < 4.78 is 0. The third kappa shape index (κ3) is 2.04. The highest BCUT2D eigenvalue weighted by Crippen LogP contribution is 2.33. The molecule has 0 bridgehead atoms. The van der Waals surface area contributed by atoms with E-state index in [4.69, 9.17) is 0 Å². The molecule has 0 aromatic heterocycles. The number of nitrogens with zero attached hydrogens (tertiary/aromatic N) is 1. The van der Waals surface area contributed by atoms with Crippen molar-refractivity contribution in [2.75, 3.05) is 13.1 Å². The predicted molar refractivity (Wildman–Crippen MR) is 56.1 cm³/mol. The highest BCUT2D eigenvalue weighted by atomic mass is 16.2. The molecule has 1 N–H and O–H groups in total. The number of amides is 2. The average Bonchev–Trinajstić information content (AvgIpc) is 2.52. The van der Waals surface area contributed by atoms with E-state index in [9.17, 15) is 9.59 Å². The van der Waals surface area contributed by atoms with Gasteiger partial charge in [-0.15, -0.1) is 0 Å². The number of carbonyl (C=O) groups is 2. The summed E-state index contributed by atoms with van der Waals surface area (Å²) in [6.07, 6.45) is 1.89. The summed E-state index contributed by atoms with van der Waals surface area (Å²) in [4.78, 5) is 25.3. The van der Waals surface area contributed by atoms with Crippen molar-refractivity contribution in [2.24, 2.45) is 5.41 Å². The summed E-state index contributed by atoms with van der Waals surface area (Å²) in [6.45, 7) is 5.63. The van der Waals surface area contributed by atoms with Crippen LogP contribution >= 0.6 is 0 Å². The second kappa shape index (κ2) is 3.59. The maximum atomic E-state index is 11.9. The van der Waals surface area contributed by atoms with Gasteiger partial charge in [0.15, 0.2) is 0 Å². The molecule has 1 atom stereocenters. The van der Waals surface area contributed by atoms with Gasteiger partial charge in [-0.2, -0.15) is 0 Å². The Balaban J connectivity index is 2.12. The van der Waals surface area contributed by atoms with Gasteiger partial charge >= 0.3 is 0 Å². The van der Waals surface area contributed by atoms with Crippen molar-refractivity contribution < 1.29 is 9.59 Å². The third-order valence-electron chi connectivity index (χ3n) is 3.20. The van der Waals surface area contributed by atoms with Crippen molar-refractivity contribution in [1.29, 1.82) is 0 Å². The number of likely N-dealkylation sites (tertiary alicyclic amines) is 1. The van der Waals surface area contributed by atoms with E-state index in [1.54, 1.807) is 0 Å². The first-order chi connectivity index (χ1) is 6.99. The number of imide groups is 1. The number of hydrogen-bond donors (Lipinski definition) is 1. The zero-order valence-electron chi connectivity index (χ0n) is 9.38. The van der Waals surface area contributed by atoms with Crippen LogP contribution in [0, 0.1) is 5.41 Å². The van der Waals surface area contributed by atoms with Gasteiger partial charge in [0.1, 0.15) is 0 Å². The lowest BCUT2D eigenvalue weighted by molar-refractivity contribution is -0.154. The second-order valence-corrected chi connectivity index (χ2v) is 5.32. The molecular weight excluding hydrogens is 192 g/mol. The van der Waals surface area contributed by atoms with Crippen molar-refractivity contribution >= 4 is 11.8 Å². The largest absolute Gasteiger partial charge is 0.315 e. The lowest BCUT2D eigenvalue weighted by Gasteiger charge is -2.37. The number of hydrogen-bond acceptors (Lipinski definition) is 3. The van der Waals surface area contributed by atoms with E-state index in [1.165, 1.54) is 4.90 Å². The summed E-state index contributed by atoms with van der Waals surface area (Å²) >= 11 is 0. The maximum absolute atomic E-state index is 11.9. The zero-order chi connectivity index (χ0) is 11.1. The summed E-state index contributed by atoms with van der Waals surface area (Å²) in [5.41, 5.74) is -0.156. The molecule has 0 aliphatic carbocycles. The van der Waals surface area contributed by atoms with Gasteiger partial charge in [-0.25, -0.2) is 0 Å². The molecule has 0 aromatic rings. The monoisotopic (exact) mass is 210 g/mol. The van der Waals surface area contributed by atoms with Crippen LogP contribution in [0.2, 0.25) is 0 Å². The molecule has 15 heavy (non-hydrogen) atoms. The molecule has 4 nitrogen and oxygen atoms in total. The van der Waals surface area contributed by atoms with E-state index >= 15 is 0 Å². The molecule has 84 valence electrons. The highest BCUT2D eigenvalue weighted by Gasteiger charge is 2.41. The van der Waals surface area contributed by atoms with Gasteiger partial charge in [0, 0.05) is 19.4 Å². The van der Waals surface area contributed by atoms with Crippen molar-refractivity contribution in [1.82, 2.24) is 10.2 Å². The molecule has 2 aliphatic heterocycles. The van der Waals surface area contributed by atoms with Gasteiger partial charge in [-0.1, -0.05) is 13.8 Å². The van der Waals surface area contributed by atoms with Crippen molar-refractivity contribution in [3.63, 3.8) is 0 Å². The Hall–Kier alpha value is -0.900. The van der Waals surface area contributed by atoms with Crippen LogP contribution < -0.4 is 5.32 Å². The fraction of sp³-hybridized carbons (Fsp3) is 0.818. The number of nitrogens with one attached hydrogen (secondary N) is 1. The van der Waals surface area contributed by atoms with Crippen LogP contribution in [0.1, 0.15) is 33.1 Å². The van der Waals surface area contributed by atoms with E-state index in [2.05, 4.69) is 5.32 Å². The first-order valence-corrected chi connectivity index (χ1v) is 5.55. The van der Waals surface area contributed by atoms with Gasteiger partial charge in [0.25, 0.3) is 0 Å². The van der Waals surface area contributed by atoms with E-state index in [-0.39, 0.29) is 23.3 Å². The van der Waals surface area contributed by atoms with Crippen LogP contribution in [0.25, 0.3) is 0 Å². The maximum Gasteiger partial charge on any atom is 0.230 e. The quantitative estimate of drug-likeness (QED) is 0.642. The van der Waals surface area contributed by atoms with Crippen LogP contribution in [-0.2, 0) is 9.59 Å². The molecule has 2 rings (SSSR count). The molecular formula is C11H18N2O2. The predicted octanol–water partition coefficient (Wildman–Crippen LogP) is 0.524. The second-order valence-electron chi connectivity index (χ2n) is 5.32. The molecule has 0 spiro atoms. The molecule has 4 heteroatoms. The van der Waals surface area contributed by atoms with Crippen LogP contribution in [0.4, 0.5) is 0 Å². The fourth-order valence-corrected chi connectivity index (χ4v) is 2.46. The number of piperidine rings is 1. The summed E-state index contributed by atoms with van der Waals surface area (Å²) in [5, 5.41) is 3.19. The van der Waals surface area contributed by atoms with Gasteiger partial charge in [-0.05, 0) is 18.4 Å². The molecule has 2 amide bonds. The molecule has 2 fully saturated rings. The summed E-state index contributed by atoms with van der Waals surface area (Å²) in [7, 11) is 0. The minimum Gasteiger partial charge on any atom is -0.315 e. The molecule has 0 aromatic carbocycles. The summed E-state index contributed by atoms with van der Waals surface area (Å²) in [6, 6.07) is 0.0982. The molecule has 2 heterocycles. The van der Waals surface area contributed by atoms with Crippen LogP contribution in [0.5, 0.6) is 0 Å². The standard InChI is InChI=1S/C11H18N2O2/c1-11(2)5-9(14)13(10(15)6-11)8-3-4-12-7-8/h8,12H,3-7H2,1-2H3. The highest BCUT2D eigenvalue weighted by molar-refractivity contribution is 5.98. The van der Waals surface area contributed by atoms with Crippen LogP contribution in [0.15, 0.2) is 0 Å². The Kier molecular flexibility index (Phi) is 2.54. The van der Waals surface area contributed by atoms with Gasteiger partial charge in [0.2, 0.25) is 11.8 Å². The molecule has 2 saturated heterocycles. The Morgan fingerprint density at radius 1 is 1.27 bits per heavy atom. The lowest BCUT2D eigenvalue weighted by Crippen LogP contribution is -2.51. The zero-order valence-corrected chi connectivity index (χ0v) is 9.38.